The fourth-order valence-corrected chi connectivity index (χ4v) is 3.22. The molecule has 0 bridgehead atoms. The second kappa shape index (κ2) is 8.81. The number of carbonyl (C=O) groups excluding carboxylic acids is 1. The van der Waals surface area contributed by atoms with Gasteiger partial charge in [-0.15, -0.1) is 0 Å². The zero-order chi connectivity index (χ0) is 13.4. The van der Waals surface area contributed by atoms with E-state index in [1.54, 1.807) is 11.8 Å². The second-order valence-electron chi connectivity index (χ2n) is 5.30. The third kappa shape index (κ3) is 5.19. The summed E-state index contributed by atoms with van der Waals surface area (Å²) in [7, 11) is 0. The van der Waals surface area contributed by atoms with Crippen LogP contribution in [-0.2, 0) is 4.79 Å². The highest BCUT2D eigenvalue weighted by Crippen LogP contribution is 2.23. The third-order valence-corrected chi connectivity index (χ3v) is 5.05. The van der Waals surface area contributed by atoms with E-state index >= 15 is 0 Å². The van der Waals surface area contributed by atoms with Crippen molar-refractivity contribution in [3.8, 4) is 0 Å². The highest BCUT2D eigenvalue weighted by Gasteiger charge is 2.23. The molecule has 0 aromatic carbocycles. The highest BCUT2D eigenvalue weighted by molar-refractivity contribution is 7.99. The smallest absolute Gasteiger partial charge is 0.223 e. The molecule has 2 N–H and O–H groups in total. The summed E-state index contributed by atoms with van der Waals surface area (Å²) in [6.07, 6.45) is 10.2. The number of hydrogen-bond acceptors (Lipinski definition) is 3. The lowest BCUT2D eigenvalue weighted by Gasteiger charge is -2.25. The summed E-state index contributed by atoms with van der Waals surface area (Å²) in [5, 5.41) is 12.4. The van der Waals surface area contributed by atoms with E-state index in [2.05, 4.69) is 5.32 Å². The molecule has 0 aromatic heterocycles. The number of hydrogen-bond donors (Lipinski definition) is 2. The Balaban J connectivity index is 2.41. The van der Waals surface area contributed by atoms with Crippen molar-refractivity contribution in [2.75, 3.05) is 12.9 Å². The van der Waals surface area contributed by atoms with Crippen LogP contribution in [0.1, 0.15) is 51.9 Å². The molecule has 0 aliphatic heterocycles. The summed E-state index contributed by atoms with van der Waals surface area (Å²) in [6.45, 7) is 2.10. The number of rotatable bonds is 5. The van der Waals surface area contributed by atoms with Gasteiger partial charge >= 0.3 is 0 Å². The molecule has 1 amide bonds. The van der Waals surface area contributed by atoms with Crippen LogP contribution in [0.4, 0.5) is 0 Å². The predicted octanol–water partition coefficient (Wildman–Crippen LogP) is 2.58. The molecule has 0 spiro atoms. The van der Waals surface area contributed by atoms with Gasteiger partial charge in [0.05, 0.1) is 6.61 Å². The molecule has 18 heavy (non-hydrogen) atoms. The van der Waals surface area contributed by atoms with E-state index < -0.39 is 0 Å². The van der Waals surface area contributed by atoms with Gasteiger partial charge in [-0.05, 0) is 26.0 Å². The summed E-state index contributed by atoms with van der Waals surface area (Å²) < 4.78 is 0. The number of nitrogens with one attached hydrogen (secondary N) is 1. The molecule has 0 aromatic rings. The predicted molar refractivity (Wildman–Crippen MR) is 77.8 cm³/mol. The van der Waals surface area contributed by atoms with Gasteiger partial charge in [-0.2, -0.15) is 11.8 Å². The maximum atomic E-state index is 12.2. The minimum absolute atomic E-state index is 0.0444. The van der Waals surface area contributed by atoms with Crippen LogP contribution in [0.5, 0.6) is 0 Å². The summed E-state index contributed by atoms with van der Waals surface area (Å²) in [5.41, 5.74) is 0. The van der Waals surface area contributed by atoms with Gasteiger partial charge in [-0.1, -0.05) is 32.1 Å². The van der Waals surface area contributed by atoms with Gasteiger partial charge in [0.15, 0.2) is 0 Å². The minimum atomic E-state index is 0.0444. The summed E-state index contributed by atoms with van der Waals surface area (Å²) in [4.78, 5) is 12.2. The number of aliphatic hydroxyl groups excluding tert-OH is 1. The molecule has 0 heterocycles. The molecule has 106 valence electrons. The Kier molecular flexibility index (Phi) is 7.75. The lowest BCUT2D eigenvalue weighted by Crippen LogP contribution is -2.44. The normalized spacial score (nSPS) is 21.7. The first-order valence-corrected chi connectivity index (χ1v) is 8.41. The van der Waals surface area contributed by atoms with Gasteiger partial charge in [0.1, 0.15) is 0 Å². The number of amides is 1. The van der Waals surface area contributed by atoms with Crippen molar-refractivity contribution in [1.82, 2.24) is 5.32 Å². The lowest BCUT2D eigenvalue weighted by molar-refractivity contribution is -0.126. The van der Waals surface area contributed by atoms with Crippen LogP contribution >= 0.6 is 11.8 Å². The summed E-state index contributed by atoms with van der Waals surface area (Å²) in [5.74, 6) is 0.380. The van der Waals surface area contributed by atoms with E-state index in [1.165, 1.54) is 32.1 Å². The van der Waals surface area contributed by atoms with Gasteiger partial charge in [0.2, 0.25) is 5.91 Å². The molecular weight excluding hydrogens is 246 g/mol. The van der Waals surface area contributed by atoms with Gasteiger partial charge in [0.25, 0.3) is 0 Å². The molecule has 1 aliphatic rings. The fourth-order valence-electron chi connectivity index (χ4n) is 2.59. The molecule has 4 heteroatoms. The molecule has 1 fully saturated rings. The zero-order valence-electron chi connectivity index (χ0n) is 11.7. The molecule has 2 atom stereocenters. The SMILES string of the molecule is CSC(CO)C(C)NC(=O)C1CCCCCCC1. The topological polar surface area (TPSA) is 49.3 Å². The van der Waals surface area contributed by atoms with Gasteiger partial charge in [0, 0.05) is 17.2 Å². The highest BCUT2D eigenvalue weighted by atomic mass is 32.2. The van der Waals surface area contributed by atoms with E-state index in [0.29, 0.717) is 0 Å². The molecule has 1 saturated carbocycles. The van der Waals surface area contributed by atoms with Crippen LogP contribution in [0.25, 0.3) is 0 Å². The Morgan fingerprint density at radius 2 is 1.83 bits per heavy atom. The van der Waals surface area contributed by atoms with Gasteiger partial charge in [-0.25, -0.2) is 0 Å². The van der Waals surface area contributed by atoms with E-state index in [4.69, 9.17) is 0 Å². The van der Waals surface area contributed by atoms with E-state index in [0.717, 1.165) is 12.8 Å². The van der Waals surface area contributed by atoms with E-state index in [-0.39, 0.29) is 29.7 Å². The Hall–Kier alpha value is -0.220. The Morgan fingerprint density at radius 3 is 2.33 bits per heavy atom. The Labute approximate surface area is 115 Å². The Morgan fingerprint density at radius 1 is 1.28 bits per heavy atom. The molecule has 2 unspecified atom stereocenters. The van der Waals surface area contributed by atoms with Crippen LogP contribution in [-0.4, -0.2) is 35.2 Å². The Bertz CT molecular complexity index is 236. The second-order valence-corrected chi connectivity index (χ2v) is 6.37. The summed E-state index contributed by atoms with van der Waals surface area (Å²) in [6, 6.07) is 0.0444. The van der Waals surface area contributed by atoms with Crippen molar-refractivity contribution >= 4 is 17.7 Å². The van der Waals surface area contributed by atoms with Gasteiger partial charge < -0.3 is 10.4 Å². The maximum absolute atomic E-state index is 12.2. The molecule has 1 rings (SSSR count). The zero-order valence-corrected chi connectivity index (χ0v) is 12.5. The lowest BCUT2D eigenvalue weighted by atomic mass is 9.90. The average Bonchev–Trinajstić information content (AvgIpc) is 2.29. The standard InChI is InChI=1S/C14H27NO2S/c1-11(13(10-16)18-2)15-14(17)12-8-6-4-3-5-7-9-12/h11-13,16H,3-10H2,1-2H3,(H,15,17). The first kappa shape index (κ1) is 15.8. The van der Waals surface area contributed by atoms with Crippen molar-refractivity contribution in [2.24, 2.45) is 5.92 Å². The number of aliphatic hydroxyl groups is 1. The van der Waals surface area contributed by atoms with Crippen LogP contribution < -0.4 is 5.32 Å². The average molecular weight is 273 g/mol. The third-order valence-electron chi connectivity index (χ3n) is 3.89. The van der Waals surface area contributed by atoms with Crippen LogP contribution in [0.3, 0.4) is 0 Å². The monoisotopic (exact) mass is 273 g/mol. The number of carbonyl (C=O) groups is 1. The first-order chi connectivity index (χ1) is 8.69. The van der Waals surface area contributed by atoms with E-state index in [1.807, 2.05) is 13.2 Å². The van der Waals surface area contributed by atoms with Crippen molar-refractivity contribution in [1.29, 1.82) is 0 Å². The van der Waals surface area contributed by atoms with Crippen molar-refractivity contribution < 1.29 is 9.90 Å². The summed E-state index contributed by atoms with van der Waals surface area (Å²) >= 11 is 1.61. The quantitative estimate of drug-likeness (QED) is 0.809. The molecule has 3 nitrogen and oxygen atoms in total. The molecular formula is C14H27NO2S. The number of thioether (sulfide) groups is 1. The van der Waals surface area contributed by atoms with E-state index in [9.17, 15) is 9.90 Å². The molecule has 0 saturated heterocycles. The largest absolute Gasteiger partial charge is 0.395 e. The molecule has 0 radical (unpaired) electrons. The van der Waals surface area contributed by atoms with Crippen LogP contribution in [0.15, 0.2) is 0 Å². The van der Waals surface area contributed by atoms with Crippen molar-refractivity contribution in [3.05, 3.63) is 0 Å². The van der Waals surface area contributed by atoms with Crippen molar-refractivity contribution in [3.63, 3.8) is 0 Å². The minimum Gasteiger partial charge on any atom is -0.395 e. The van der Waals surface area contributed by atoms with Crippen LogP contribution in [0.2, 0.25) is 0 Å². The van der Waals surface area contributed by atoms with Gasteiger partial charge in [-0.3, -0.25) is 4.79 Å². The first-order valence-electron chi connectivity index (χ1n) is 7.13. The van der Waals surface area contributed by atoms with Crippen LogP contribution in [0, 0.1) is 5.92 Å². The fraction of sp³-hybridized carbons (Fsp3) is 0.929. The maximum Gasteiger partial charge on any atom is 0.223 e. The molecule has 1 aliphatic carbocycles. The van der Waals surface area contributed by atoms with Crippen molar-refractivity contribution in [2.45, 2.75) is 63.2 Å².